The van der Waals surface area contributed by atoms with E-state index in [9.17, 15) is 12.9 Å². The lowest BCUT2D eigenvalue weighted by molar-refractivity contribution is 0.347. The Morgan fingerprint density at radius 3 is 2.62 bits per heavy atom. The van der Waals surface area contributed by atoms with Gasteiger partial charge < -0.3 is 17.7 Å². The van der Waals surface area contributed by atoms with Gasteiger partial charge in [0.25, 0.3) is 0 Å². The van der Waals surface area contributed by atoms with E-state index in [1.165, 1.54) is 0 Å². The molecule has 0 amide bonds. The minimum atomic E-state index is -5.05. The molecule has 16 heavy (non-hydrogen) atoms. The lowest BCUT2D eigenvalue weighted by Gasteiger charge is -2.18. The van der Waals surface area contributed by atoms with Gasteiger partial charge in [-0.15, -0.1) is 12.1 Å². The van der Waals surface area contributed by atoms with Crippen LogP contribution in [0.25, 0.3) is 0 Å². The van der Waals surface area contributed by atoms with E-state index >= 15 is 0 Å². The van der Waals surface area contributed by atoms with Crippen molar-refractivity contribution in [3.8, 4) is 5.75 Å². The molecule has 1 rings (SSSR count). The molecule has 0 aliphatic heterocycles. The van der Waals surface area contributed by atoms with Crippen LogP contribution in [0.15, 0.2) is 30.3 Å². The number of halogens is 4. The molecular weight excluding hydrogens is 239 g/mol. The minimum absolute atomic E-state index is 0.239. The number of rotatable bonds is 4. The van der Waals surface area contributed by atoms with E-state index in [2.05, 4.69) is 6.58 Å². The van der Waals surface area contributed by atoms with Crippen molar-refractivity contribution >= 4 is 18.6 Å². The van der Waals surface area contributed by atoms with Gasteiger partial charge in [-0.2, -0.15) is 0 Å². The molecule has 0 N–H and O–H groups in total. The Balaban J connectivity index is 2.68. The Kier molecular flexibility index (Phi) is 3.91. The lowest BCUT2D eigenvalue weighted by atomic mass is 9.81. The average molecular weight is 249 g/mol. The zero-order chi connectivity index (χ0) is 12.3. The Labute approximate surface area is 96.9 Å². The second-order valence-electron chi connectivity index (χ2n) is 3.46. The number of hydrogen-bond donors (Lipinski definition) is 0. The Bertz CT molecular complexity index is 404. The van der Waals surface area contributed by atoms with E-state index in [1.54, 1.807) is 25.1 Å². The van der Waals surface area contributed by atoms with E-state index in [1.807, 2.05) is 0 Å². The van der Waals surface area contributed by atoms with Crippen LogP contribution in [0.2, 0.25) is 5.02 Å². The van der Waals surface area contributed by atoms with Crippen LogP contribution in [0, 0.1) is 6.92 Å². The predicted molar refractivity (Wildman–Crippen MR) is 59.9 cm³/mol. The second kappa shape index (κ2) is 4.83. The fourth-order valence-electron chi connectivity index (χ4n) is 0.986. The molecule has 0 saturated heterocycles. The largest absolute Gasteiger partial charge is 0.508 e. The van der Waals surface area contributed by atoms with Gasteiger partial charge in [0.15, 0.2) is 0 Å². The number of aryl methyl sites for hydroxylation is 1. The molecule has 0 spiro atoms. The maximum absolute atomic E-state index is 12.2. The molecule has 0 aliphatic carbocycles. The van der Waals surface area contributed by atoms with Crippen LogP contribution in [-0.4, -0.2) is 13.6 Å². The fraction of sp³-hybridized carbons (Fsp3) is 0.200. The molecule has 0 aromatic heterocycles. The maximum atomic E-state index is 12.2. The van der Waals surface area contributed by atoms with Crippen LogP contribution in [0.1, 0.15) is 5.56 Å². The van der Waals surface area contributed by atoms with E-state index in [0.717, 1.165) is 5.56 Å². The first-order valence-corrected chi connectivity index (χ1v) is 4.95. The van der Waals surface area contributed by atoms with Crippen LogP contribution in [0.5, 0.6) is 5.75 Å². The van der Waals surface area contributed by atoms with Crippen molar-refractivity contribution in [2.45, 2.75) is 6.92 Å². The zero-order valence-electron chi connectivity index (χ0n) is 8.64. The molecule has 6 heteroatoms. The number of ether oxygens (including phenoxy) is 1. The maximum Gasteiger partial charge on any atom is 0.508 e. The molecule has 0 fully saturated rings. The molecule has 0 bridgehead atoms. The van der Waals surface area contributed by atoms with E-state index < -0.39 is 19.1 Å². The van der Waals surface area contributed by atoms with E-state index in [0.29, 0.717) is 0 Å². The molecule has 0 radical (unpaired) electrons. The van der Waals surface area contributed by atoms with Crippen LogP contribution in [-0.2, 0) is 0 Å². The fourth-order valence-corrected chi connectivity index (χ4v) is 1.16. The summed E-state index contributed by atoms with van der Waals surface area (Å²) >= 11 is 5.76. The van der Waals surface area contributed by atoms with Crippen molar-refractivity contribution in [2.75, 3.05) is 6.61 Å². The molecular formula is C10H10BClF3O-. The van der Waals surface area contributed by atoms with Crippen molar-refractivity contribution in [3.63, 3.8) is 0 Å². The summed E-state index contributed by atoms with van der Waals surface area (Å²) in [6.45, 7) is -0.918. The molecule has 0 atom stereocenters. The third-order valence-electron chi connectivity index (χ3n) is 1.96. The van der Waals surface area contributed by atoms with E-state index in [4.69, 9.17) is 16.3 Å². The predicted octanol–water partition coefficient (Wildman–Crippen LogP) is 3.97. The summed E-state index contributed by atoms with van der Waals surface area (Å²) in [5.74, 6) is 0.239. The highest BCUT2D eigenvalue weighted by atomic mass is 35.5. The monoisotopic (exact) mass is 249 g/mol. The first kappa shape index (κ1) is 13.0. The van der Waals surface area contributed by atoms with Crippen molar-refractivity contribution in [3.05, 3.63) is 40.8 Å². The Hall–Kier alpha value is -1.10. The normalized spacial score (nSPS) is 11.3. The second-order valence-corrected chi connectivity index (χ2v) is 3.86. The summed E-state index contributed by atoms with van der Waals surface area (Å²) in [5.41, 5.74) is -0.0138. The quantitative estimate of drug-likeness (QED) is 0.734. The highest BCUT2D eigenvalue weighted by Crippen LogP contribution is 2.27. The molecule has 1 aromatic rings. The molecule has 88 valence electrons. The van der Waals surface area contributed by atoms with Gasteiger partial charge in [-0.1, -0.05) is 17.7 Å². The van der Waals surface area contributed by atoms with Crippen LogP contribution in [0.4, 0.5) is 12.9 Å². The van der Waals surface area contributed by atoms with Crippen molar-refractivity contribution in [2.24, 2.45) is 0 Å². The van der Waals surface area contributed by atoms with Crippen molar-refractivity contribution in [1.29, 1.82) is 0 Å². The summed E-state index contributed by atoms with van der Waals surface area (Å²) in [5, 5.41) is 0.285. The summed E-state index contributed by atoms with van der Waals surface area (Å²) in [6.07, 6.45) is 0. The lowest BCUT2D eigenvalue weighted by Crippen LogP contribution is -2.23. The highest BCUT2D eigenvalue weighted by molar-refractivity contribution is 6.66. The molecule has 1 nitrogen and oxygen atoms in total. The standard InChI is InChI=1S/C10H10BClF3O/c1-7-3-4-9(12)10(5-7)16-6-8(2)11(13,14)15/h3-5H,2,6H2,1H3/q-1. The Morgan fingerprint density at radius 1 is 1.44 bits per heavy atom. The van der Waals surface area contributed by atoms with Crippen LogP contribution in [0.3, 0.4) is 0 Å². The SMILES string of the molecule is C=C(COc1cc(C)ccc1Cl)[B-](F)(F)F. The number of hydrogen-bond acceptors (Lipinski definition) is 1. The summed E-state index contributed by atoms with van der Waals surface area (Å²) in [6, 6.07) is 4.91. The van der Waals surface area contributed by atoms with Crippen molar-refractivity contribution < 1.29 is 17.7 Å². The van der Waals surface area contributed by atoms with Gasteiger partial charge in [0.2, 0.25) is 0 Å². The number of benzene rings is 1. The smallest absolute Gasteiger partial charge is 0.491 e. The van der Waals surface area contributed by atoms with Gasteiger partial charge in [0.1, 0.15) is 5.75 Å². The van der Waals surface area contributed by atoms with E-state index in [-0.39, 0.29) is 10.8 Å². The molecule has 0 saturated carbocycles. The van der Waals surface area contributed by atoms with Crippen molar-refractivity contribution in [1.82, 2.24) is 0 Å². The van der Waals surface area contributed by atoms with Gasteiger partial charge in [-0.25, -0.2) is 0 Å². The van der Waals surface area contributed by atoms with Gasteiger partial charge >= 0.3 is 6.98 Å². The first-order valence-electron chi connectivity index (χ1n) is 4.57. The van der Waals surface area contributed by atoms with Crippen LogP contribution >= 0.6 is 11.6 Å². The van der Waals surface area contributed by atoms with Gasteiger partial charge in [-0.05, 0) is 24.6 Å². The molecule has 0 aliphatic rings. The van der Waals surface area contributed by atoms with Gasteiger partial charge in [0.05, 0.1) is 11.6 Å². The molecule has 0 unspecified atom stereocenters. The first-order chi connectivity index (χ1) is 7.30. The third-order valence-corrected chi connectivity index (χ3v) is 2.27. The summed E-state index contributed by atoms with van der Waals surface area (Å²) in [4.78, 5) is 0. The molecule has 0 heterocycles. The minimum Gasteiger partial charge on any atom is -0.491 e. The zero-order valence-corrected chi connectivity index (χ0v) is 9.40. The average Bonchev–Trinajstić information content (AvgIpc) is 2.17. The summed E-state index contributed by atoms with van der Waals surface area (Å²) in [7, 11) is 0. The van der Waals surface area contributed by atoms with Gasteiger partial charge in [0, 0.05) is 0 Å². The topological polar surface area (TPSA) is 9.23 Å². The third kappa shape index (κ3) is 3.49. The van der Waals surface area contributed by atoms with Gasteiger partial charge in [-0.3, -0.25) is 0 Å². The molecule has 1 aromatic carbocycles. The summed E-state index contributed by atoms with van der Waals surface area (Å²) < 4.78 is 41.5. The highest BCUT2D eigenvalue weighted by Gasteiger charge is 2.27. The van der Waals surface area contributed by atoms with Crippen LogP contribution < -0.4 is 4.74 Å². The Morgan fingerprint density at radius 2 is 2.06 bits per heavy atom.